The molecule has 20 heavy (non-hydrogen) atoms. The molecule has 2 aromatic rings. The van der Waals surface area contributed by atoms with Crippen LogP contribution in [-0.2, 0) is 6.54 Å². The first-order valence-electron chi connectivity index (χ1n) is 7.58. The molecule has 1 aromatic heterocycles. The van der Waals surface area contributed by atoms with Crippen molar-refractivity contribution in [2.45, 2.75) is 52.1 Å². The lowest BCUT2D eigenvalue weighted by Gasteiger charge is -2.11. The molecular weight excluding hydrogens is 246 g/mol. The molecule has 3 nitrogen and oxygen atoms in total. The van der Waals surface area contributed by atoms with E-state index in [1.165, 1.54) is 42.5 Å². The SMILES string of the molecule is Cc1ccc(-n2ncc(CNC3CCCC3)c2C)cc1. The van der Waals surface area contributed by atoms with E-state index in [2.05, 4.69) is 48.5 Å². The van der Waals surface area contributed by atoms with Gasteiger partial charge in [0.25, 0.3) is 0 Å². The van der Waals surface area contributed by atoms with E-state index in [1.54, 1.807) is 0 Å². The summed E-state index contributed by atoms with van der Waals surface area (Å²) in [6.07, 6.45) is 7.39. The van der Waals surface area contributed by atoms with Gasteiger partial charge in [-0.2, -0.15) is 5.10 Å². The zero-order chi connectivity index (χ0) is 13.9. The number of rotatable bonds is 4. The number of hydrogen-bond donors (Lipinski definition) is 1. The van der Waals surface area contributed by atoms with Crippen LogP contribution in [0.15, 0.2) is 30.5 Å². The molecule has 0 saturated heterocycles. The van der Waals surface area contributed by atoms with Gasteiger partial charge in [-0.25, -0.2) is 4.68 Å². The van der Waals surface area contributed by atoms with Crippen molar-refractivity contribution >= 4 is 0 Å². The molecule has 3 heteroatoms. The molecule has 0 bridgehead atoms. The molecular formula is C17H23N3. The van der Waals surface area contributed by atoms with Gasteiger partial charge in [0.1, 0.15) is 0 Å². The van der Waals surface area contributed by atoms with E-state index in [4.69, 9.17) is 0 Å². The molecule has 0 atom stereocenters. The van der Waals surface area contributed by atoms with Gasteiger partial charge >= 0.3 is 0 Å². The highest BCUT2D eigenvalue weighted by atomic mass is 15.3. The van der Waals surface area contributed by atoms with Crippen LogP contribution in [0.2, 0.25) is 0 Å². The van der Waals surface area contributed by atoms with Crippen LogP contribution in [0.1, 0.15) is 42.5 Å². The second-order valence-electron chi connectivity index (χ2n) is 5.86. The summed E-state index contributed by atoms with van der Waals surface area (Å²) in [5, 5.41) is 8.20. The van der Waals surface area contributed by atoms with Crippen molar-refractivity contribution in [2.24, 2.45) is 0 Å². The standard InChI is InChI=1S/C17H23N3/c1-13-7-9-17(10-8-13)20-14(2)15(12-19-20)11-18-16-5-3-4-6-16/h7-10,12,16,18H,3-6,11H2,1-2H3. The van der Waals surface area contributed by atoms with Crippen LogP contribution >= 0.6 is 0 Å². The minimum Gasteiger partial charge on any atom is -0.310 e. The van der Waals surface area contributed by atoms with Crippen molar-refractivity contribution in [1.29, 1.82) is 0 Å². The Morgan fingerprint density at radius 1 is 1.15 bits per heavy atom. The van der Waals surface area contributed by atoms with Crippen molar-refractivity contribution in [3.8, 4) is 5.69 Å². The molecule has 1 fully saturated rings. The molecule has 1 saturated carbocycles. The summed E-state index contributed by atoms with van der Waals surface area (Å²) in [6, 6.07) is 9.23. The molecule has 1 heterocycles. The van der Waals surface area contributed by atoms with Crippen LogP contribution in [0.4, 0.5) is 0 Å². The topological polar surface area (TPSA) is 29.9 Å². The number of benzene rings is 1. The van der Waals surface area contributed by atoms with E-state index in [1.807, 2.05) is 10.9 Å². The zero-order valence-corrected chi connectivity index (χ0v) is 12.4. The fraction of sp³-hybridized carbons (Fsp3) is 0.471. The van der Waals surface area contributed by atoms with Crippen LogP contribution in [0.25, 0.3) is 5.69 Å². The Morgan fingerprint density at radius 3 is 2.55 bits per heavy atom. The maximum atomic E-state index is 4.54. The van der Waals surface area contributed by atoms with E-state index < -0.39 is 0 Å². The normalized spacial score (nSPS) is 15.9. The summed E-state index contributed by atoms with van der Waals surface area (Å²) in [5.41, 5.74) is 4.96. The average molecular weight is 269 g/mol. The number of aromatic nitrogens is 2. The Kier molecular flexibility index (Phi) is 3.88. The van der Waals surface area contributed by atoms with Gasteiger partial charge in [-0.05, 0) is 38.8 Å². The first-order chi connectivity index (χ1) is 9.74. The Hall–Kier alpha value is -1.61. The highest BCUT2D eigenvalue weighted by Gasteiger charge is 2.15. The number of nitrogens with one attached hydrogen (secondary N) is 1. The largest absolute Gasteiger partial charge is 0.310 e. The lowest BCUT2D eigenvalue weighted by Crippen LogP contribution is -2.25. The van der Waals surface area contributed by atoms with Crippen LogP contribution in [0.5, 0.6) is 0 Å². The molecule has 3 rings (SSSR count). The molecule has 0 unspecified atom stereocenters. The van der Waals surface area contributed by atoms with Gasteiger partial charge in [0.15, 0.2) is 0 Å². The van der Waals surface area contributed by atoms with Crippen LogP contribution in [-0.4, -0.2) is 15.8 Å². The smallest absolute Gasteiger partial charge is 0.0648 e. The van der Waals surface area contributed by atoms with Gasteiger partial charge in [-0.15, -0.1) is 0 Å². The van der Waals surface area contributed by atoms with Gasteiger partial charge in [-0.3, -0.25) is 0 Å². The Bertz CT molecular complexity index is 562. The van der Waals surface area contributed by atoms with Gasteiger partial charge in [0.2, 0.25) is 0 Å². The van der Waals surface area contributed by atoms with Crippen LogP contribution in [0.3, 0.4) is 0 Å². The first-order valence-corrected chi connectivity index (χ1v) is 7.58. The molecule has 1 aromatic carbocycles. The minimum atomic E-state index is 0.706. The Labute approximate surface area is 121 Å². The van der Waals surface area contributed by atoms with Crippen molar-refractivity contribution in [1.82, 2.24) is 15.1 Å². The lowest BCUT2D eigenvalue weighted by atomic mass is 10.2. The minimum absolute atomic E-state index is 0.706. The van der Waals surface area contributed by atoms with Gasteiger partial charge in [0, 0.05) is 23.8 Å². The predicted octanol–water partition coefficient (Wildman–Crippen LogP) is 3.52. The fourth-order valence-corrected chi connectivity index (χ4v) is 2.95. The van der Waals surface area contributed by atoms with E-state index in [9.17, 15) is 0 Å². The molecule has 106 valence electrons. The van der Waals surface area contributed by atoms with Gasteiger partial charge in [-0.1, -0.05) is 30.5 Å². The summed E-state index contributed by atoms with van der Waals surface area (Å²) >= 11 is 0. The summed E-state index contributed by atoms with van der Waals surface area (Å²) in [7, 11) is 0. The summed E-state index contributed by atoms with van der Waals surface area (Å²) < 4.78 is 2.03. The molecule has 0 radical (unpaired) electrons. The van der Waals surface area contributed by atoms with E-state index in [0.29, 0.717) is 6.04 Å². The van der Waals surface area contributed by atoms with E-state index in [0.717, 1.165) is 12.2 Å². The monoisotopic (exact) mass is 269 g/mol. The number of hydrogen-bond acceptors (Lipinski definition) is 2. The zero-order valence-electron chi connectivity index (χ0n) is 12.4. The average Bonchev–Trinajstić information content (AvgIpc) is 3.08. The second-order valence-corrected chi connectivity index (χ2v) is 5.86. The first kappa shape index (κ1) is 13.4. The maximum Gasteiger partial charge on any atom is 0.0648 e. The maximum absolute atomic E-state index is 4.54. The van der Waals surface area contributed by atoms with Gasteiger partial charge < -0.3 is 5.32 Å². The van der Waals surface area contributed by atoms with Gasteiger partial charge in [0.05, 0.1) is 11.9 Å². The molecule has 1 N–H and O–H groups in total. The quantitative estimate of drug-likeness (QED) is 0.920. The lowest BCUT2D eigenvalue weighted by molar-refractivity contribution is 0.523. The fourth-order valence-electron chi connectivity index (χ4n) is 2.95. The van der Waals surface area contributed by atoms with Crippen molar-refractivity contribution < 1.29 is 0 Å². The molecule has 0 spiro atoms. The highest BCUT2D eigenvalue weighted by Crippen LogP contribution is 2.19. The highest BCUT2D eigenvalue weighted by molar-refractivity contribution is 5.36. The third kappa shape index (κ3) is 2.78. The van der Waals surface area contributed by atoms with Crippen LogP contribution in [0, 0.1) is 13.8 Å². The van der Waals surface area contributed by atoms with Crippen LogP contribution < -0.4 is 5.32 Å². The Morgan fingerprint density at radius 2 is 1.85 bits per heavy atom. The second kappa shape index (κ2) is 5.80. The summed E-state index contributed by atoms with van der Waals surface area (Å²) in [5.74, 6) is 0. The molecule has 1 aliphatic carbocycles. The molecule has 0 amide bonds. The number of aryl methyl sites for hydroxylation is 1. The van der Waals surface area contributed by atoms with Crippen molar-refractivity contribution in [2.75, 3.05) is 0 Å². The summed E-state index contributed by atoms with van der Waals surface area (Å²) in [6.45, 7) is 5.19. The number of nitrogens with zero attached hydrogens (tertiary/aromatic N) is 2. The summed E-state index contributed by atoms with van der Waals surface area (Å²) in [4.78, 5) is 0. The Balaban J connectivity index is 1.72. The molecule has 1 aliphatic rings. The van der Waals surface area contributed by atoms with E-state index in [-0.39, 0.29) is 0 Å². The predicted molar refractivity (Wildman–Crippen MR) is 82.1 cm³/mol. The van der Waals surface area contributed by atoms with Crippen molar-refractivity contribution in [3.05, 3.63) is 47.3 Å². The van der Waals surface area contributed by atoms with E-state index >= 15 is 0 Å². The van der Waals surface area contributed by atoms with Crippen molar-refractivity contribution in [3.63, 3.8) is 0 Å². The molecule has 0 aliphatic heterocycles. The third-order valence-electron chi connectivity index (χ3n) is 4.33. The third-order valence-corrected chi connectivity index (χ3v) is 4.33.